The van der Waals surface area contributed by atoms with Crippen LogP contribution in [0.25, 0.3) is 0 Å². The number of piperidine rings is 1. The van der Waals surface area contributed by atoms with E-state index in [9.17, 15) is 23.4 Å². The number of aliphatic hydroxyl groups is 1. The van der Waals surface area contributed by atoms with Gasteiger partial charge in [0.2, 0.25) is 10.0 Å². The molecular weight excluding hydrogens is 342 g/mol. The number of carboxylic acids is 1. The second-order valence-electron chi connectivity index (χ2n) is 7.58. The normalized spacial score (nSPS) is 28.0. The van der Waals surface area contributed by atoms with E-state index in [4.69, 9.17) is 0 Å². The fourth-order valence-electron chi connectivity index (χ4n) is 3.81. The van der Waals surface area contributed by atoms with Crippen LogP contribution in [0.4, 0.5) is 0 Å². The highest BCUT2D eigenvalue weighted by molar-refractivity contribution is 7.89. The summed E-state index contributed by atoms with van der Waals surface area (Å²) in [5, 5.41) is 20.2. The molecule has 1 saturated heterocycles. The molecule has 2 aliphatic rings. The Labute approximate surface area is 148 Å². The molecule has 1 aliphatic carbocycles. The molecule has 3 rings (SSSR count). The SMILES string of the molecule is Cc1cc(C)cc(S(=O)(=O)N2CCC(O)[C@@](CC3CC3)(C(=O)O)C2)c1. The summed E-state index contributed by atoms with van der Waals surface area (Å²) in [6.07, 6.45) is 1.36. The van der Waals surface area contributed by atoms with Crippen molar-refractivity contribution in [2.45, 2.75) is 50.5 Å². The molecular formula is C18H25NO5S. The number of hydrogen-bond donors (Lipinski definition) is 2. The van der Waals surface area contributed by atoms with Crippen molar-refractivity contribution in [1.82, 2.24) is 4.31 Å². The lowest BCUT2D eigenvalue weighted by atomic mass is 9.74. The van der Waals surface area contributed by atoms with E-state index in [2.05, 4.69) is 0 Å². The van der Waals surface area contributed by atoms with Gasteiger partial charge in [-0.1, -0.05) is 18.9 Å². The van der Waals surface area contributed by atoms with Crippen LogP contribution in [0.2, 0.25) is 0 Å². The highest BCUT2D eigenvalue weighted by Gasteiger charge is 2.53. The minimum absolute atomic E-state index is 0.135. The number of aryl methyl sites for hydroxylation is 2. The third kappa shape index (κ3) is 3.45. The molecule has 0 amide bonds. The third-order valence-corrected chi connectivity index (χ3v) is 7.18. The van der Waals surface area contributed by atoms with Crippen LogP contribution in [-0.2, 0) is 14.8 Å². The summed E-state index contributed by atoms with van der Waals surface area (Å²) in [6, 6.07) is 5.11. The Morgan fingerprint density at radius 2 is 1.80 bits per heavy atom. The van der Waals surface area contributed by atoms with Crippen molar-refractivity contribution in [3.05, 3.63) is 29.3 Å². The van der Waals surface area contributed by atoms with Gasteiger partial charge < -0.3 is 10.2 Å². The number of aliphatic hydroxyl groups excluding tert-OH is 1. The van der Waals surface area contributed by atoms with E-state index in [0.717, 1.165) is 24.0 Å². The number of benzene rings is 1. The van der Waals surface area contributed by atoms with Gasteiger partial charge in [0.25, 0.3) is 0 Å². The standard InChI is InChI=1S/C18H25NO5S/c1-12-7-13(2)9-15(8-12)25(23,24)19-6-5-16(20)18(11-19,17(21)22)10-14-3-4-14/h7-9,14,16,20H,3-6,10-11H2,1-2H3,(H,21,22)/t16?,18-/m0/s1. The van der Waals surface area contributed by atoms with Gasteiger partial charge >= 0.3 is 5.97 Å². The molecule has 1 aliphatic heterocycles. The van der Waals surface area contributed by atoms with Crippen LogP contribution in [0.15, 0.2) is 23.1 Å². The highest BCUT2D eigenvalue weighted by Crippen LogP contribution is 2.45. The van der Waals surface area contributed by atoms with E-state index in [1.807, 2.05) is 19.9 Å². The molecule has 1 saturated carbocycles. The topological polar surface area (TPSA) is 94.9 Å². The quantitative estimate of drug-likeness (QED) is 0.829. The van der Waals surface area contributed by atoms with Crippen molar-refractivity contribution < 1.29 is 23.4 Å². The van der Waals surface area contributed by atoms with Crippen molar-refractivity contribution in [2.75, 3.05) is 13.1 Å². The summed E-state index contributed by atoms with van der Waals surface area (Å²) in [6.45, 7) is 3.63. The van der Waals surface area contributed by atoms with Crippen molar-refractivity contribution in [1.29, 1.82) is 0 Å². The van der Waals surface area contributed by atoms with Gasteiger partial charge in [-0.25, -0.2) is 8.42 Å². The molecule has 1 aromatic carbocycles. The Hall–Kier alpha value is -1.44. The molecule has 2 fully saturated rings. The summed E-state index contributed by atoms with van der Waals surface area (Å²) in [4.78, 5) is 12.2. The van der Waals surface area contributed by atoms with Gasteiger partial charge in [0.05, 0.1) is 11.0 Å². The zero-order chi connectivity index (χ0) is 18.4. The number of rotatable bonds is 5. The summed E-state index contributed by atoms with van der Waals surface area (Å²) in [7, 11) is -3.79. The Kier molecular flexibility index (Phi) is 4.68. The molecule has 1 heterocycles. The van der Waals surface area contributed by atoms with Gasteiger partial charge in [-0.3, -0.25) is 4.79 Å². The molecule has 138 valence electrons. The molecule has 2 N–H and O–H groups in total. The van der Waals surface area contributed by atoms with Gasteiger partial charge in [0.1, 0.15) is 5.41 Å². The largest absolute Gasteiger partial charge is 0.481 e. The number of nitrogens with zero attached hydrogens (tertiary/aromatic N) is 1. The fraction of sp³-hybridized carbons (Fsp3) is 0.611. The lowest BCUT2D eigenvalue weighted by Crippen LogP contribution is -2.57. The maximum atomic E-state index is 13.1. The van der Waals surface area contributed by atoms with E-state index >= 15 is 0 Å². The minimum atomic E-state index is -3.79. The van der Waals surface area contributed by atoms with Crippen LogP contribution >= 0.6 is 0 Å². The first kappa shape index (κ1) is 18.4. The zero-order valence-electron chi connectivity index (χ0n) is 14.6. The smallest absolute Gasteiger partial charge is 0.313 e. The molecule has 1 unspecified atom stereocenters. The first-order chi connectivity index (χ1) is 11.6. The molecule has 1 aromatic rings. The Balaban J connectivity index is 1.95. The second-order valence-corrected chi connectivity index (χ2v) is 9.51. The van der Waals surface area contributed by atoms with Crippen LogP contribution in [0, 0.1) is 25.2 Å². The Morgan fingerprint density at radius 1 is 1.20 bits per heavy atom. The highest BCUT2D eigenvalue weighted by atomic mass is 32.2. The molecule has 7 heteroatoms. The number of carboxylic acid groups (broad SMARTS) is 1. The predicted octanol–water partition coefficient (Wildman–Crippen LogP) is 1.93. The molecule has 6 nitrogen and oxygen atoms in total. The lowest BCUT2D eigenvalue weighted by Gasteiger charge is -2.42. The van der Waals surface area contributed by atoms with E-state index in [1.54, 1.807) is 12.1 Å². The van der Waals surface area contributed by atoms with Crippen LogP contribution in [0.1, 0.15) is 36.8 Å². The average molecular weight is 367 g/mol. The maximum absolute atomic E-state index is 13.1. The number of aliphatic carboxylic acids is 1. The van der Waals surface area contributed by atoms with Crippen molar-refractivity contribution in [3.8, 4) is 0 Å². The Morgan fingerprint density at radius 3 is 2.32 bits per heavy atom. The Bertz CT molecular complexity index is 766. The zero-order valence-corrected chi connectivity index (χ0v) is 15.4. The molecule has 25 heavy (non-hydrogen) atoms. The van der Waals surface area contributed by atoms with Crippen LogP contribution < -0.4 is 0 Å². The summed E-state index contributed by atoms with van der Waals surface area (Å²) >= 11 is 0. The van der Waals surface area contributed by atoms with Crippen LogP contribution in [0.5, 0.6) is 0 Å². The first-order valence-corrected chi connectivity index (χ1v) is 10.1. The third-order valence-electron chi connectivity index (χ3n) is 5.36. The van der Waals surface area contributed by atoms with E-state index < -0.39 is 27.5 Å². The number of sulfonamides is 1. The van der Waals surface area contributed by atoms with Crippen LogP contribution in [0.3, 0.4) is 0 Å². The van der Waals surface area contributed by atoms with E-state index in [0.29, 0.717) is 6.42 Å². The van der Waals surface area contributed by atoms with Gasteiger partial charge in [-0.15, -0.1) is 0 Å². The fourth-order valence-corrected chi connectivity index (χ4v) is 5.53. The van der Waals surface area contributed by atoms with Gasteiger partial charge in [0.15, 0.2) is 0 Å². The van der Waals surface area contributed by atoms with Crippen molar-refractivity contribution >= 4 is 16.0 Å². The predicted molar refractivity (Wildman–Crippen MR) is 92.7 cm³/mol. The molecule has 0 spiro atoms. The number of hydrogen-bond acceptors (Lipinski definition) is 4. The second kappa shape index (κ2) is 6.37. The molecule has 0 radical (unpaired) electrons. The number of carbonyl (C=O) groups is 1. The summed E-state index contributed by atoms with van der Waals surface area (Å²) in [5.74, 6) is -0.832. The summed E-state index contributed by atoms with van der Waals surface area (Å²) < 4.78 is 27.4. The molecule has 2 atom stereocenters. The van der Waals surface area contributed by atoms with E-state index in [-0.39, 0.29) is 30.3 Å². The first-order valence-electron chi connectivity index (χ1n) is 8.65. The minimum Gasteiger partial charge on any atom is -0.481 e. The van der Waals surface area contributed by atoms with E-state index in [1.165, 1.54) is 4.31 Å². The monoisotopic (exact) mass is 367 g/mol. The van der Waals surface area contributed by atoms with Gasteiger partial charge in [0, 0.05) is 13.1 Å². The van der Waals surface area contributed by atoms with Crippen molar-refractivity contribution in [3.63, 3.8) is 0 Å². The summed E-state index contributed by atoms with van der Waals surface area (Å²) in [5.41, 5.74) is 0.280. The average Bonchev–Trinajstić information content (AvgIpc) is 3.32. The van der Waals surface area contributed by atoms with Crippen LogP contribution in [-0.4, -0.2) is 48.1 Å². The molecule has 0 aromatic heterocycles. The van der Waals surface area contributed by atoms with Gasteiger partial charge in [-0.05, 0) is 55.9 Å². The van der Waals surface area contributed by atoms with Gasteiger partial charge in [-0.2, -0.15) is 4.31 Å². The lowest BCUT2D eigenvalue weighted by molar-refractivity contribution is -0.162. The maximum Gasteiger partial charge on any atom is 0.313 e. The van der Waals surface area contributed by atoms with Crippen molar-refractivity contribution in [2.24, 2.45) is 11.3 Å². The molecule has 0 bridgehead atoms.